The van der Waals surface area contributed by atoms with Gasteiger partial charge in [-0.15, -0.1) is 11.3 Å². The molecule has 1 aliphatic rings. The van der Waals surface area contributed by atoms with Crippen LogP contribution in [0.15, 0.2) is 29.6 Å². The van der Waals surface area contributed by atoms with Crippen LogP contribution in [0.2, 0.25) is 0 Å². The summed E-state index contributed by atoms with van der Waals surface area (Å²) in [6.45, 7) is 11.2. The summed E-state index contributed by atoms with van der Waals surface area (Å²) >= 11 is 1.75. The standard InChI is InChI=1S/C17H23N3S/c1-3-19-8-10-20(11-9-19)12-16-13-21-17(18-16)15-6-4-14(2)5-7-15/h4-7,13H,3,8-12H2,1-2H3. The highest BCUT2D eigenvalue weighted by atomic mass is 32.1. The molecule has 1 aliphatic heterocycles. The van der Waals surface area contributed by atoms with E-state index in [-0.39, 0.29) is 0 Å². The van der Waals surface area contributed by atoms with Gasteiger partial charge in [-0.05, 0) is 13.5 Å². The van der Waals surface area contributed by atoms with E-state index in [9.17, 15) is 0 Å². The third kappa shape index (κ3) is 3.70. The minimum atomic E-state index is 0.986. The van der Waals surface area contributed by atoms with Crippen LogP contribution >= 0.6 is 11.3 Å². The topological polar surface area (TPSA) is 19.4 Å². The van der Waals surface area contributed by atoms with Crippen LogP contribution in [0.4, 0.5) is 0 Å². The Morgan fingerprint density at radius 3 is 2.38 bits per heavy atom. The van der Waals surface area contributed by atoms with Crippen LogP contribution in [0.1, 0.15) is 18.2 Å². The zero-order valence-corrected chi connectivity index (χ0v) is 13.7. The van der Waals surface area contributed by atoms with Crippen molar-refractivity contribution in [3.63, 3.8) is 0 Å². The summed E-state index contributed by atoms with van der Waals surface area (Å²) in [6, 6.07) is 8.64. The molecule has 0 N–H and O–H groups in total. The molecule has 0 bridgehead atoms. The predicted molar refractivity (Wildman–Crippen MR) is 89.7 cm³/mol. The van der Waals surface area contributed by atoms with E-state index in [4.69, 9.17) is 4.98 Å². The Morgan fingerprint density at radius 1 is 1.05 bits per heavy atom. The van der Waals surface area contributed by atoms with Crippen LogP contribution in [0.3, 0.4) is 0 Å². The van der Waals surface area contributed by atoms with Crippen LogP contribution in [0, 0.1) is 6.92 Å². The maximum Gasteiger partial charge on any atom is 0.123 e. The van der Waals surface area contributed by atoms with E-state index >= 15 is 0 Å². The Morgan fingerprint density at radius 2 is 1.71 bits per heavy atom. The van der Waals surface area contributed by atoms with Gasteiger partial charge < -0.3 is 4.90 Å². The van der Waals surface area contributed by atoms with Crippen molar-refractivity contribution in [3.8, 4) is 10.6 Å². The zero-order valence-electron chi connectivity index (χ0n) is 12.9. The van der Waals surface area contributed by atoms with Gasteiger partial charge in [-0.3, -0.25) is 4.90 Å². The van der Waals surface area contributed by atoms with Gasteiger partial charge in [-0.25, -0.2) is 4.98 Å². The molecule has 2 aromatic rings. The fraction of sp³-hybridized carbons (Fsp3) is 0.471. The molecule has 1 aromatic carbocycles. The number of hydrogen-bond donors (Lipinski definition) is 0. The number of aromatic nitrogens is 1. The maximum absolute atomic E-state index is 4.81. The average Bonchev–Trinajstić information content (AvgIpc) is 2.97. The highest BCUT2D eigenvalue weighted by molar-refractivity contribution is 7.13. The average molecular weight is 301 g/mol. The summed E-state index contributed by atoms with van der Waals surface area (Å²) < 4.78 is 0. The molecule has 21 heavy (non-hydrogen) atoms. The maximum atomic E-state index is 4.81. The van der Waals surface area contributed by atoms with Crippen molar-refractivity contribution < 1.29 is 0 Å². The lowest BCUT2D eigenvalue weighted by Gasteiger charge is -2.33. The third-order valence-electron chi connectivity index (χ3n) is 4.15. The number of nitrogens with zero attached hydrogens (tertiary/aromatic N) is 3. The van der Waals surface area contributed by atoms with Gasteiger partial charge >= 0.3 is 0 Å². The van der Waals surface area contributed by atoms with Gasteiger partial charge in [0.1, 0.15) is 5.01 Å². The number of thiazole rings is 1. The predicted octanol–water partition coefficient (Wildman–Crippen LogP) is 3.26. The Labute approximate surface area is 131 Å². The van der Waals surface area contributed by atoms with Gasteiger partial charge in [-0.2, -0.15) is 0 Å². The Bertz CT molecular complexity index is 568. The van der Waals surface area contributed by atoms with E-state index in [0.717, 1.165) is 24.6 Å². The molecule has 3 rings (SSSR count). The molecule has 0 atom stereocenters. The van der Waals surface area contributed by atoms with E-state index < -0.39 is 0 Å². The van der Waals surface area contributed by atoms with Crippen LogP contribution < -0.4 is 0 Å². The first-order valence-electron chi connectivity index (χ1n) is 7.71. The van der Waals surface area contributed by atoms with E-state index in [0.29, 0.717) is 0 Å². The zero-order chi connectivity index (χ0) is 14.7. The molecule has 0 spiro atoms. The van der Waals surface area contributed by atoms with Crippen LogP contribution in [0.25, 0.3) is 10.6 Å². The molecule has 2 heterocycles. The lowest BCUT2D eigenvalue weighted by atomic mass is 10.2. The first-order valence-corrected chi connectivity index (χ1v) is 8.58. The van der Waals surface area contributed by atoms with Crippen molar-refractivity contribution in [2.75, 3.05) is 32.7 Å². The second-order valence-corrected chi connectivity index (χ2v) is 6.58. The van der Waals surface area contributed by atoms with Crippen molar-refractivity contribution in [2.45, 2.75) is 20.4 Å². The third-order valence-corrected chi connectivity index (χ3v) is 5.09. The number of hydrogen-bond acceptors (Lipinski definition) is 4. The Hall–Kier alpha value is -1.23. The number of piperazine rings is 1. The fourth-order valence-corrected chi connectivity index (χ4v) is 3.52. The Kier molecular flexibility index (Phi) is 4.68. The van der Waals surface area contributed by atoms with E-state index in [2.05, 4.69) is 53.3 Å². The number of rotatable bonds is 4. The molecule has 1 fully saturated rings. The summed E-state index contributed by atoms with van der Waals surface area (Å²) in [6.07, 6.45) is 0. The molecule has 0 unspecified atom stereocenters. The van der Waals surface area contributed by atoms with Gasteiger partial charge in [0.05, 0.1) is 5.69 Å². The first-order chi connectivity index (χ1) is 10.2. The molecule has 0 aliphatic carbocycles. The Balaban J connectivity index is 1.62. The molecule has 3 nitrogen and oxygen atoms in total. The van der Waals surface area contributed by atoms with Gasteiger partial charge in [0.25, 0.3) is 0 Å². The molecule has 0 amide bonds. The monoisotopic (exact) mass is 301 g/mol. The van der Waals surface area contributed by atoms with Crippen molar-refractivity contribution in [3.05, 3.63) is 40.9 Å². The number of aryl methyl sites for hydroxylation is 1. The van der Waals surface area contributed by atoms with Gasteiger partial charge in [0, 0.05) is 43.7 Å². The molecule has 0 saturated carbocycles. The minimum absolute atomic E-state index is 0.986. The summed E-state index contributed by atoms with van der Waals surface area (Å²) in [5, 5.41) is 3.35. The van der Waals surface area contributed by atoms with Crippen LogP contribution in [-0.4, -0.2) is 47.5 Å². The molecular formula is C17H23N3S. The highest BCUT2D eigenvalue weighted by Gasteiger charge is 2.16. The summed E-state index contributed by atoms with van der Waals surface area (Å²) in [4.78, 5) is 9.83. The summed E-state index contributed by atoms with van der Waals surface area (Å²) in [7, 11) is 0. The van der Waals surface area contributed by atoms with E-state index in [1.165, 1.54) is 36.5 Å². The highest BCUT2D eigenvalue weighted by Crippen LogP contribution is 2.24. The number of benzene rings is 1. The van der Waals surface area contributed by atoms with E-state index in [1.807, 2.05) is 0 Å². The molecule has 0 radical (unpaired) electrons. The first kappa shape index (κ1) is 14.7. The van der Waals surface area contributed by atoms with E-state index in [1.54, 1.807) is 11.3 Å². The van der Waals surface area contributed by atoms with Crippen molar-refractivity contribution >= 4 is 11.3 Å². The van der Waals surface area contributed by atoms with Crippen molar-refractivity contribution in [1.82, 2.24) is 14.8 Å². The SMILES string of the molecule is CCN1CCN(Cc2csc(-c3ccc(C)cc3)n2)CC1. The van der Waals surface area contributed by atoms with Gasteiger partial charge in [0.2, 0.25) is 0 Å². The molecule has 1 aromatic heterocycles. The molecule has 1 saturated heterocycles. The normalized spacial score (nSPS) is 17.2. The minimum Gasteiger partial charge on any atom is -0.301 e. The smallest absolute Gasteiger partial charge is 0.123 e. The summed E-state index contributed by atoms with van der Waals surface area (Å²) in [5.74, 6) is 0. The molecule has 112 valence electrons. The van der Waals surface area contributed by atoms with Crippen LogP contribution in [0.5, 0.6) is 0 Å². The second-order valence-electron chi connectivity index (χ2n) is 5.72. The molecule has 4 heteroatoms. The van der Waals surface area contributed by atoms with Gasteiger partial charge in [0.15, 0.2) is 0 Å². The quantitative estimate of drug-likeness (QED) is 0.864. The second kappa shape index (κ2) is 6.69. The van der Waals surface area contributed by atoms with Crippen molar-refractivity contribution in [2.24, 2.45) is 0 Å². The fourth-order valence-electron chi connectivity index (χ4n) is 2.70. The van der Waals surface area contributed by atoms with Crippen molar-refractivity contribution in [1.29, 1.82) is 0 Å². The van der Waals surface area contributed by atoms with Gasteiger partial charge in [-0.1, -0.05) is 36.8 Å². The summed E-state index contributed by atoms with van der Waals surface area (Å²) in [5.41, 5.74) is 3.73. The lowest BCUT2D eigenvalue weighted by Crippen LogP contribution is -2.45. The number of likely N-dealkylation sites (N-methyl/N-ethyl adjacent to an activating group) is 1. The molecular weight excluding hydrogens is 278 g/mol. The van der Waals surface area contributed by atoms with Crippen LogP contribution in [-0.2, 0) is 6.54 Å². The lowest BCUT2D eigenvalue weighted by molar-refractivity contribution is 0.131. The largest absolute Gasteiger partial charge is 0.301 e.